The first-order valence-corrected chi connectivity index (χ1v) is 8.24. The Hall–Kier alpha value is -0.420. The third-order valence-electron chi connectivity index (χ3n) is 2.58. The van der Waals surface area contributed by atoms with E-state index in [1.54, 1.807) is 25.3 Å². The molecule has 1 heterocycles. The fourth-order valence-corrected chi connectivity index (χ4v) is 5.15. The third-order valence-corrected chi connectivity index (χ3v) is 6.79. The molecule has 0 amide bonds. The van der Waals surface area contributed by atoms with Crippen LogP contribution in [0.1, 0.15) is 26.7 Å². The molecular formula is C10H13BrN2O2S2. The van der Waals surface area contributed by atoms with Gasteiger partial charge in [-0.2, -0.15) is 9.98 Å². The first kappa shape index (κ1) is 14.6. The second-order valence-electron chi connectivity index (χ2n) is 3.56. The van der Waals surface area contributed by atoms with Crippen LogP contribution in [0, 0.1) is 11.3 Å². The van der Waals surface area contributed by atoms with Crippen LogP contribution in [-0.4, -0.2) is 14.0 Å². The van der Waals surface area contributed by atoms with Crippen LogP contribution in [0.25, 0.3) is 0 Å². The van der Waals surface area contributed by atoms with Crippen LogP contribution in [0.15, 0.2) is 20.1 Å². The quantitative estimate of drug-likeness (QED) is 0.898. The topological polar surface area (TPSA) is 70.0 Å². The molecule has 1 aromatic heterocycles. The molecule has 7 heteroatoms. The maximum Gasteiger partial charge on any atom is 0.252 e. The highest BCUT2D eigenvalue weighted by Crippen LogP contribution is 2.29. The molecule has 94 valence electrons. The molecule has 1 aromatic rings. The van der Waals surface area contributed by atoms with E-state index in [1.807, 2.05) is 0 Å². The fraction of sp³-hybridized carbons (Fsp3) is 0.500. The third kappa shape index (κ3) is 3.07. The molecule has 0 bridgehead atoms. The SMILES string of the molecule is CCC(C#N)(CC)NS(=O)(=O)c1sccc1Br. The van der Waals surface area contributed by atoms with E-state index in [-0.39, 0.29) is 4.21 Å². The molecule has 4 nitrogen and oxygen atoms in total. The first-order valence-electron chi connectivity index (χ1n) is 5.09. The van der Waals surface area contributed by atoms with Crippen LogP contribution in [0.3, 0.4) is 0 Å². The molecule has 0 aliphatic heterocycles. The number of hydrogen-bond acceptors (Lipinski definition) is 4. The molecule has 0 radical (unpaired) electrons. The summed E-state index contributed by atoms with van der Waals surface area (Å²) in [6.45, 7) is 3.58. The molecule has 17 heavy (non-hydrogen) atoms. The van der Waals surface area contributed by atoms with Crippen molar-refractivity contribution in [1.29, 1.82) is 5.26 Å². The smallest absolute Gasteiger partial charge is 0.206 e. The van der Waals surface area contributed by atoms with Gasteiger partial charge in [-0.25, -0.2) is 8.42 Å². The molecule has 0 spiro atoms. The zero-order valence-corrected chi connectivity index (χ0v) is 12.7. The summed E-state index contributed by atoms with van der Waals surface area (Å²) in [6.07, 6.45) is 0.866. The summed E-state index contributed by atoms with van der Waals surface area (Å²) >= 11 is 4.31. The number of nitrogens with one attached hydrogen (secondary N) is 1. The second kappa shape index (κ2) is 5.48. The Morgan fingerprint density at radius 1 is 1.53 bits per heavy atom. The van der Waals surface area contributed by atoms with E-state index in [1.165, 1.54) is 0 Å². The summed E-state index contributed by atoms with van der Waals surface area (Å²) in [4.78, 5) is 0. The number of thiophene rings is 1. The van der Waals surface area contributed by atoms with Crippen molar-refractivity contribution in [3.8, 4) is 6.07 Å². The van der Waals surface area contributed by atoms with Crippen LogP contribution in [-0.2, 0) is 10.0 Å². The molecule has 0 aliphatic rings. The summed E-state index contributed by atoms with van der Waals surface area (Å²) in [6, 6.07) is 3.72. The lowest BCUT2D eigenvalue weighted by molar-refractivity contribution is 0.447. The van der Waals surface area contributed by atoms with Crippen LogP contribution >= 0.6 is 27.3 Å². The van der Waals surface area contributed by atoms with Crippen molar-refractivity contribution in [1.82, 2.24) is 4.72 Å². The maximum atomic E-state index is 12.1. The minimum atomic E-state index is -3.64. The lowest BCUT2D eigenvalue weighted by atomic mass is 9.97. The van der Waals surface area contributed by atoms with Crippen molar-refractivity contribution in [3.05, 3.63) is 15.9 Å². The van der Waals surface area contributed by atoms with Gasteiger partial charge in [0.05, 0.1) is 6.07 Å². The predicted octanol–water partition coefficient (Wildman–Crippen LogP) is 2.87. The van der Waals surface area contributed by atoms with Gasteiger partial charge in [0.2, 0.25) is 0 Å². The van der Waals surface area contributed by atoms with Crippen molar-refractivity contribution in [2.45, 2.75) is 36.4 Å². The van der Waals surface area contributed by atoms with E-state index in [4.69, 9.17) is 5.26 Å². The lowest BCUT2D eigenvalue weighted by Crippen LogP contribution is -2.46. The highest BCUT2D eigenvalue weighted by Gasteiger charge is 2.33. The maximum absolute atomic E-state index is 12.1. The number of halogens is 1. The summed E-state index contributed by atoms with van der Waals surface area (Å²) in [7, 11) is -3.64. The van der Waals surface area contributed by atoms with E-state index in [0.29, 0.717) is 17.3 Å². The van der Waals surface area contributed by atoms with E-state index >= 15 is 0 Å². The van der Waals surface area contributed by atoms with Crippen molar-refractivity contribution >= 4 is 37.3 Å². The Morgan fingerprint density at radius 2 is 2.12 bits per heavy atom. The van der Waals surface area contributed by atoms with Crippen molar-refractivity contribution in [2.24, 2.45) is 0 Å². The molecule has 0 atom stereocenters. The lowest BCUT2D eigenvalue weighted by Gasteiger charge is -2.24. The Labute approximate surface area is 114 Å². The Bertz CT molecular complexity index is 527. The van der Waals surface area contributed by atoms with Crippen LogP contribution in [0.2, 0.25) is 0 Å². The number of rotatable bonds is 5. The predicted molar refractivity (Wildman–Crippen MR) is 71.3 cm³/mol. The highest BCUT2D eigenvalue weighted by atomic mass is 79.9. The molecule has 1 N–H and O–H groups in total. The van der Waals surface area contributed by atoms with Crippen LogP contribution < -0.4 is 4.72 Å². The fourth-order valence-electron chi connectivity index (χ4n) is 1.35. The zero-order valence-electron chi connectivity index (χ0n) is 9.53. The molecular weight excluding hydrogens is 324 g/mol. The number of sulfonamides is 1. The second-order valence-corrected chi connectivity index (χ2v) is 7.21. The van der Waals surface area contributed by atoms with Gasteiger partial charge in [-0.3, -0.25) is 0 Å². The first-order chi connectivity index (χ1) is 7.90. The molecule has 0 fully saturated rings. The molecule has 0 saturated heterocycles. The van der Waals surface area contributed by atoms with Gasteiger partial charge < -0.3 is 0 Å². The summed E-state index contributed by atoms with van der Waals surface area (Å²) < 4.78 is 27.5. The van der Waals surface area contributed by atoms with Crippen LogP contribution in [0.5, 0.6) is 0 Å². The van der Waals surface area contributed by atoms with Crippen molar-refractivity contribution in [2.75, 3.05) is 0 Å². The highest BCUT2D eigenvalue weighted by molar-refractivity contribution is 9.10. The molecule has 1 rings (SSSR count). The summed E-state index contributed by atoms with van der Waals surface area (Å²) in [5.41, 5.74) is -1.03. The van der Waals surface area contributed by atoms with Crippen molar-refractivity contribution < 1.29 is 8.42 Å². The zero-order chi connectivity index (χ0) is 13.1. The monoisotopic (exact) mass is 336 g/mol. The van der Waals surface area contributed by atoms with Gasteiger partial charge in [-0.1, -0.05) is 13.8 Å². The Morgan fingerprint density at radius 3 is 2.47 bits per heavy atom. The number of nitrogens with zero attached hydrogens (tertiary/aromatic N) is 1. The van der Waals surface area contributed by atoms with Gasteiger partial charge in [-0.05, 0) is 40.2 Å². The van der Waals surface area contributed by atoms with Gasteiger partial charge in [-0.15, -0.1) is 11.3 Å². The van der Waals surface area contributed by atoms with Gasteiger partial charge in [0, 0.05) is 4.47 Å². The van der Waals surface area contributed by atoms with E-state index in [2.05, 4.69) is 26.7 Å². The molecule has 0 unspecified atom stereocenters. The van der Waals surface area contributed by atoms with Gasteiger partial charge in [0.25, 0.3) is 10.0 Å². The van der Waals surface area contributed by atoms with Gasteiger partial charge in [0.15, 0.2) is 0 Å². The van der Waals surface area contributed by atoms with E-state index in [9.17, 15) is 8.42 Å². The average Bonchev–Trinajstić information content (AvgIpc) is 2.73. The molecule has 0 aromatic carbocycles. The minimum Gasteiger partial charge on any atom is -0.206 e. The Balaban J connectivity index is 3.11. The van der Waals surface area contributed by atoms with Crippen molar-refractivity contribution in [3.63, 3.8) is 0 Å². The molecule has 0 aliphatic carbocycles. The van der Waals surface area contributed by atoms with Crippen LogP contribution in [0.4, 0.5) is 0 Å². The summed E-state index contributed by atoms with van der Waals surface area (Å²) in [5.74, 6) is 0. The average molecular weight is 337 g/mol. The Kier molecular flexibility index (Phi) is 4.72. The number of hydrogen-bond donors (Lipinski definition) is 1. The van der Waals surface area contributed by atoms with E-state index < -0.39 is 15.6 Å². The standard InChI is InChI=1S/C10H13BrN2O2S2/c1-3-10(4-2,7-12)13-17(14,15)9-8(11)5-6-16-9/h5-6,13H,3-4H2,1-2H3. The minimum absolute atomic E-state index is 0.207. The van der Waals surface area contributed by atoms with E-state index in [0.717, 1.165) is 11.3 Å². The van der Waals surface area contributed by atoms with Gasteiger partial charge >= 0.3 is 0 Å². The summed E-state index contributed by atoms with van der Waals surface area (Å²) in [5, 5.41) is 10.8. The van der Waals surface area contributed by atoms with Gasteiger partial charge in [0.1, 0.15) is 9.75 Å². The number of nitriles is 1. The normalized spacial score (nSPS) is 12.4. The largest absolute Gasteiger partial charge is 0.252 e. The molecule has 0 saturated carbocycles.